The van der Waals surface area contributed by atoms with Crippen LogP contribution in [-0.2, 0) is 29.6 Å². The highest BCUT2D eigenvalue weighted by atomic mass is 32.2. The zero-order chi connectivity index (χ0) is 51.1. The molecule has 0 spiro atoms. The molecule has 0 aliphatic carbocycles. The maximum atomic E-state index is 12.4. The number of aliphatic hydroxyl groups is 2. The van der Waals surface area contributed by atoms with Gasteiger partial charge in [0.2, 0.25) is 5.88 Å². The molecule has 0 saturated heterocycles. The average Bonchev–Trinajstić information content (AvgIpc) is 3.65. The number of phenols is 1. The molecule has 0 fully saturated rings. The van der Waals surface area contributed by atoms with Crippen LogP contribution < -0.4 is 15.2 Å². The largest absolute Gasteiger partial charge is 0.505 e. The van der Waals surface area contributed by atoms with Gasteiger partial charge in [0.05, 0.1) is 51.2 Å². The van der Waals surface area contributed by atoms with Crippen LogP contribution in [0.2, 0.25) is 0 Å². The van der Waals surface area contributed by atoms with Crippen molar-refractivity contribution in [1.82, 2.24) is 9.78 Å². The van der Waals surface area contributed by atoms with Crippen molar-refractivity contribution < 1.29 is 90.1 Å². The monoisotopic (exact) mass is 1030 g/mol. The van der Waals surface area contributed by atoms with Crippen molar-refractivity contribution in [3.8, 4) is 28.8 Å². The number of hydrogen-bond donors (Lipinski definition) is 9. The number of azo groups is 3. The highest BCUT2D eigenvalue weighted by molar-refractivity contribution is 7.94. The minimum absolute atomic E-state index is 0.0251. The Morgan fingerprint density at radius 1 is 0.771 bits per heavy atom. The van der Waals surface area contributed by atoms with Crippen LogP contribution in [0.3, 0.4) is 0 Å². The number of carboxylic acid groups (broad SMARTS) is 1. The van der Waals surface area contributed by atoms with Crippen LogP contribution in [0.5, 0.6) is 23.1 Å². The SMILES string of the molecule is NC(=O)c1nn(-c2ccc3c(O)c(N=Nc4cc(OCCO)c(N=Nc5ccc([N+](=O)[O-])cc5S(=O)(=O)O)cc4OCCO)c(SOOO)cc3c2)c(O)c1N=Nc1ccc(S(=O)(=O)O)cc1C(=O)O. The number of nitrogens with two attached hydrogens (primary N) is 1. The van der Waals surface area contributed by atoms with E-state index in [0.29, 0.717) is 24.2 Å². The standard InChI is InChI=1S/C37H30N10O20S3/c38-35(51)32-33(44-39-23-6-3-20(69(58,59)60)14-22(23)37(53)54)36(52)46(45-32)18-1-4-21-17(11-18)12-29(68-67-66-57)31(34(21)50)43-42-26-16-27(64-9-7-48)25(15-28(26)65-10-8-49)41-40-24-5-2-19(47(55)56)13-30(24)70(61,62)63/h1-6,11-16,48-50,52,57H,7-10H2,(H2,38,51)(H,53,54)(H,58,59,60)(H,61,62,63). The first-order chi connectivity index (χ1) is 33.2. The predicted molar refractivity (Wildman–Crippen MR) is 234 cm³/mol. The molecule has 0 bridgehead atoms. The molecule has 6 rings (SSSR count). The van der Waals surface area contributed by atoms with E-state index >= 15 is 0 Å². The first kappa shape index (κ1) is 51.3. The minimum Gasteiger partial charge on any atom is -0.505 e. The number of non-ortho nitro benzene ring substituents is 1. The summed E-state index contributed by atoms with van der Waals surface area (Å²) in [5, 5.41) is 103. The van der Waals surface area contributed by atoms with Gasteiger partial charge in [0, 0.05) is 29.7 Å². The fourth-order valence-corrected chi connectivity index (χ4v) is 7.56. The molecule has 0 aliphatic rings. The number of primary amides is 1. The molecule has 70 heavy (non-hydrogen) atoms. The Labute approximate surface area is 393 Å². The van der Waals surface area contributed by atoms with Crippen LogP contribution in [0.15, 0.2) is 118 Å². The highest BCUT2D eigenvalue weighted by Crippen LogP contribution is 2.47. The summed E-state index contributed by atoms with van der Waals surface area (Å²) < 4.78 is 82.9. The fourth-order valence-electron chi connectivity index (χ4n) is 5.91. The normalized spacial score (nSPS) is 12.1. The highest BCUT2D eigenvalue weighted by Gasteiger charge is 2.26. The van der Waals surface area contributed by atoms with Crippen molar-refractivity contribution in [3.63, 3.8) is 0 Å². The van der Waals surface area contributed by atoms with Gasteiger partial charge in [0.25, 0.3) is 31.8 Å². The number of carbonyl (C=O) groups is 2. The van der Waals surface area contributed by atoms with E-state index in [9.17, 15) is 71.2 Å². The first-order valence-corrected chi connectivity index (χ1v) is 22.4. The lowest BCUT2D eigenvalue weighted by Crippen LogP contribution is -2.12. The molecule has 0 atom stereocenters. The van der Waals surface area contributed by atoms with Crippen LogP contribution in [0.25, 0.3) is 16.5 Å². The summed E-state index contributed by atoms with van der Waals surface area (Å²) in [6.07, 6.45) is 0. The van der Waals surface area contributed by atoms with E-state index < -0.39 is 106 Å². The van der Waals surface area contributed by atoms with Crippen LogP contribution >= 0.6 is 12.0 Å². The number of hydrogen-bond acceptors (Lipinski definition) is 25. The third-order valence-electron chi connectivity index (χ3n) is 8.95. The molecule has 0 aliphatic heterocycles. The molecule has 0 unspecified atom stereocenters. The molecule has 366 valence electrons. The topological polar surface area (TPSA) is 462 Å². The summed E-state index contributed by atoms with van der Waals surface area (Å²) in [7, 11) is -9.89. The number of rotatable bonds is 21. The van der Waals surface area contributed by atoms with Gasteiger partial charge in [0.15, 0.2) is 17.1 Å². The molecular formula is C37H30N10O20S3. The number of benzene rings is 5. The summed E-state index contributed by atoms with van der Waals surface area (Å²) >= 11 is 0.303. The van der Waals surface area contributed by atoms with Gasteiger partial charge in [0.1, 0.15) is 58.0 Å². The second kappa shape index (κ2) is 21.5. The summed E-state index contributed by atoms with van der Waals surface area (Å²) in [6, 6.07) is 12.2. The number of nitro benzene ring substituents is 1. The zero-order valence-corrected chi connectivity index (χ0v) is 37.0. The number of amides is 1. The second-order valence-electron chi connectivity index (χ2n) is 13.4. The van der Waals surface area contributed by atoms with Gasteiger partial charge < -0.3 is 40.7 Å². The molecule has 30 nitrogen and oxygen atoms in total. The molecule has 1 amide bonds. The van der Waals surface area contributed by atoms with E-state index in [2.05, 4.69) is 45.2 Å². The van der Waals surface area contributed by atoms with E-state index in [4.69, 9.17) is 20.5 Å². The third-order valence-corrected chi connectivity index (χ3v) is 11.3. The number of nitrogens with zero attached hydrogens (tertiary/aromatic N) is 9. The number of aliphatic hydroxyl groups excluding tert-OH is 2. The summed E-state index contributed by atoms with van der Waals surface area (Å²) in [6.45, 7) is -1.77. The van der Waals surface area contributed by atoms with Gasteiger partial charge >= 0.3 is 5.97 Å². The molecule has 5 aromatic carbocycles. The van der Waals surface area contributed by atoms with Crippen LogP contribution in [-0.4, -0.2) is 110 Å². The Balaban J connectivity index is 1.42. The Morgan fingerprint density at radius 3 is 1.94 bits per heavy atom. The van der Waals surface area contributed by atoms with Gasteiger partial charge in [-0.1, -0.05) is 5.04 Å². The summed E-state index contributed by atoms with van der Waals surface area (Å²) in [5.41, 5.74) is 0.924. The molecule has 10 N–H and O–H groups in total. The van der Waals surface area contributed by atoms with Gasteiger partial charge in [-0.25, -0.2) is 10.1 Å². The number of aromatic nitrogens is 2. The second-order valence-corrected chi connectivity index (χ2v) is 16.9. The maximum Gasteiger partial charge on any atom is 0.338 e. The number of fused-ring (bicyclic) bond motifs is 1. The predicted octanol–water partition coefficient (Wildman–Crippen LogP) is 6.05. The molecule has 0 saturated carbocycles. The lowest BCUT2D eigenvalue weighted by atomic mass is 10.1. The van der Waals surface area contributed by atoms with Crippen LogP contribution in [0, 0.1) is 10.1 Å². The number of phenolic OH excluding ortho intramolecular Hbond substituents is 1. The Kier molecular flexibility index (Phi) is 15.7. The smallest absolute Gasteiger partial charge is 0.338 e. The maximum absolute atomic E-state index is 12.4. The van der Waals surface area contributed by atoms with Crippen molar-refractivity contribution in [2.24, 2.45) is 36.4 Å². The Hall–Kier alpha value is -8.12. The Morgan fingerprint density at radius 2 is 1.37 bits per heavy atom. The van der Waals surface area contributed by atoms with Crippen molar-refractivity contribution in [1.29, 1.82) is 0 Å². The van der Waals surface area contributed by atoms with Crippen molar-refractivity contribution in [2.75, 3.05) is 26.4 Å². The quantitative estimate of drug-likeness (QED) is 0.00988. The number of nitro groups is 1. The number of carboxylic acids is 1. The zero-order valence-electron chi connectivity index (χ0n) is 34.6. The lowest BCUT2D eigenvalue weighted by Gasteiger charge is -2.13. The molecule has 1 heterocycles. The lowest BCUT2D eigenvalue weighted by molar-refractivity contribution is -0.432. The van der Waals surface area contributed by atoms with Crippen molar-refractivity contribution >= 4 is 94.7 Å². The van der Waals surface area contributed by atoms with Crippen LogP contribution in [0.1, 0.15) is 20.8 Å². The van der Waals surface area contributed by atoms with E-state index in [-0.39, 0.29) is 63.1 Å². The molecule has 33 heteroatoms. The minimum atomic E-state index is -5.07. The van der Waals surface area contributed by atoms with Crippen LogP contribution in [0.4, 0.5) is 39.8 Å². The van der Waals surface area contributed by atoms with E-state index in [1.807, 2.05) is 0 Å². The first-order valence-electron chi connectivity index (χ1n) is 18.7. The Bertz CT molecular complexity index is 3390. The third kappa shape index (κ3) is 11.6. The van der Waals surface area contributed by atoms with E-state index in [1.165, 1.54) is 24.3 Å². The average molecular weight is 1030 g/mol. The summed E-state index contributed by atoms with van der Waals surface area (Å²) in [4.78, 5) is 32.8. The number of aromatic carboxylic acids is 1. The molecule has 0 radical (unpaired) electrons. The number of aromatic hydroxyl groups is 2. The number of carbonyl (C=O) groups excluding carboxylic acids is 1. The van der Waals surface area contributed by atoms with Crippen molar-refractivity contribution in [2.45, 2.75) is 14.7 Å². The van der Waals surface area contributed by atoms with E-state index in [0.717, 1.165) is 41.1 Å². The fraction of sp³-hybridized carbons (Fsp3) is 0.108. The van der Waals surface area contributed by atoms with Gasteiger partial charge in [-0.3, -0.25) is 24.0 Å². The number of ether oxygens (including phenoxy) is 2. The van der Waals surface area contributed by atoms with Gasteiger partial charge in [-0.15, -0.1) is 35.0 Å². The molecular weight excluding hydrogens is 1000 g/mol. The van der Waals surface area contributed by atoms with E-state index in [1.54, 1.807) is 0 Å². The van der Waals surface area contributed by atoms with Gasteiger partial charge in [-0.05, 0) is 53.9 Å². The van der Waals surface area contributed by atoms with Gasteiger partial charge in [-0.2, -0.15) is 26.6 Å². The molecule has 6 aromatic rings. The summed E-state index contributed by atoms with van der Waals surface area (Å²) in [5.74, 6) is -4.77. The molecule has 1 aromatic heterocycles. The van der Waals surface area contributed by atoms with Crippen molar-refractivity contribution in [3.05, 3.63) is 94.2 Å².